The molecule has 0 bridgehead atoms. The first-order valence-electron chi connectivity index (χ1n) is 6.02. The summed E-state index contributed by atoms with van der Waals surface area (Å²) in [5, 5.41) is 0. The van der Waals surface area contributed by atoms with Crippen LogP contribution in [0.15, 0.2) is 36.4 Å². The van der Waals surface area contributed by atoms with E-state index in [4.69, 9.17) is 7.85 Å². The van der Waals surface area contributed by atoms with Gasteiger partial charge in [-0.1, -0.05) is 61.3 Å². The molecule has 0 atom stereocenters. The predicted octanol–water partition coefficient (Wildman–Crippen LogP) is 3.10. The third-order valence-electron chi connectivity index (χ3n) is 3.97. The Morgan fingerprint density at radius 1 is 0.941 bits per heavy atom. The molecule has 0 nitrogen and oxygen atoms in total. The van der Waals surface area contributed by atoms with Gasteiger partial charge in [-0.3, -0.25) is 0 Å². The van der Waals surface area contributed by atoms with Gasteiger partial charge in [0.25, 0.3) is 0 Å². The lowest BCUT2D eigenvalue weighted by Crippen LogP contribution is -2.18. The molecule has 82 valence electrons. The van der Waals surface area contributed by atoms with Crippen molar-refractivity contribution in [3.63, 3.8) is 0 Å². The predicted molar refractivity (Wildman–Crippen MR) is 74.1 cm³/mol. The molecule has 0 saturated carbocycles. The second-order valence-electron chi connectivity index (χ2n) is 5.42. The summed E-state index contributed by atoms with van der Waals surface area (Å²) in [6.45, 7) is 6.61. The van der Waals surface area contributed by atoms with E-state index in [1.54, 1.807) is 0 Å². The third kappa shape index (κ3) is 1.32. The first-order chi connectivity index (χ1) is 8.01. The number of hydrogen-bond acceptors (Lipinski definition) is 0. The normalized spacial score (nSPS) is 15.5. The average Bonchev–Trinajstić information content (AvgIpc) is 2.51. The fourth-order valence-corrected chi connectivity index (χ4v) is 2.87. The Bertz CT molecular complexity index is 609. The molecule has 0 amide bonds. The summed E-state index contributed by atoms with van der Waals surface area (Å²) in [7, 11) is 6.05. The SMILES string of the molecule is [B]c1cc2c(cc1C)-c1ccccc1C2(C)C. The number of hydrogen-bond donors (Lipinski definition) is 0. The van der Waals surface area contributed by atoms with E-state index < -0.39 is 0 Å². The van der Waals surface area contributed by atoms with Gasteiger partial charge in [-0.15, -0.1) is 0 Å². The van der Waals surface area contributed by atoms with Crippen molar-refractivity contribution >= 4 is 13.3 Å². The van der Waals surface area contributed by atoms with E-state index in [2.05, 4.69) is 57.2 Å². The summed E-state index contributed by atoms with van der Waals surface area (Å²) in [5.74, 6) is 0. The molecule has 0 fully saturated rings. The zero-order valence-corrected chi connectivity index (χ0v) is 10.5. The van der Waals surface area contributed by atoms with Crippen LogP contribution in [0, 0.1) is 6.92 Å². The van der Waals surface area contributed by atoms with Crippen LogP contribution in [0.3, 0.4) is 0 Å². The maximum Gasteiger partial charge on any atom is 0.114 e. The van der Waals surface area contributed by atoms with E-state index in [1.165, 1.54) is 22.3 Å². The van der Waals surface area contributed by atoms with Crippen molar-refractivity contribution in [2.45, 2.75) is 26.2 Å². The van der Waals surface area contributed by atoms with Gasteiger partial charge in [0, 0.05) is 5.41 Å². The maximum absolute atomic E-state index is 6.05. The van der Waals surface area contributed by atoms with Crippen LogP contribution in [0.2, 0.25) is 0 Å². The van der Waals surface area contributed by atoms with Gasteiger partial charge >= 0.3 is 0 Å². The fraction of sp³-hybridized carbons (Fsp3) is 0.250. The van der Waals surface area contributed by atoms with Crippen LogP contribution in [0.25, 0.3) is 11.1 Å². The highest BCUT2D eigenvalue weighted by atomic mass is 14.4. The Morgan fingerprint density at radius 2 is 1.65 bits per heavy atom. The molecule has 0 unspecified atom stereocenters. The first kappa shape index (κ1) is 10.6. The summed E-state index contributed by atoms with van der Waals surface area (Å²) in [6, 6.07) is 13.0. The van der Waals surface area contributed by atoms with Crippen LogP contribution in [0.5, 0.6) is 0 Å². The topological polar surface area (TPSA) is 0 Å². The molecule has 2 aromatic rings. The molecular weight excluding hydrogens is 203 g/mol. The van der Waals surface area contributed by atoms with E-state index >= 15 is 0 Å². The number of benzene rings is 2. The van der Waals surface area contributed by atoms with Gasteiger partial charge in [0.1, 0.15) is 7.85 Å². The smallest absolute Gasteiger partial charge is 0.0935 e. The zero-order chi connectivity index (χ0) is 12.2. The van der Waals surface area contributed by atoms with E-state index in [9.17, 15) is 0 Å². The van der Waals surface area contributed by atoms with Crippen molar-refractivity contribution in [2.24, 2.45) is 0 Å². The van der Waals surface area contributed by atoms with Crippen LogP contribution in [0.1, 0.15) is 30.5 Å². The lowest BCUT2D eigenvalue weighted by molar-refractivity contribution is 0.661. The standard InChI is InChI=1S/C16H15B/c1-10-8-12-11-6-4-5-7-13(11)16(2,3)14(12)9-15(10)17/h4-9H,1-3H3. The van der Waals surface area contributed by atoms with Crippen LogP contribution in [0.4, 0.5) is 0 Å². The molecular formula is C16H15B. The molecule has 0 heterocycles. The summed E-state index contributed by atoms with van der Waals surface area (Å²) < 4.78 is 0. The minimum absolute atomic E-state index is 0.0632. The zero-order valence-electron chi connectivity index (χ0n) is 10.5. The van der Waals surface area contributed by atoms with Crippen LogP contribution in [-0.4, -0.2) is 7.85 Å². The van der Waals surface area contributed by atoms with Gasteiger partial charge in [0.2, 0.25) is 0 Å². The molecule has 1 aliphatic carbocycles. The fourth-order valence-electron chi connectivity index (χ4n) is 2.87. The Hall–Kier alpha value is -1.50. The van der Waals surface area contributed by atoms with Gasteiger partial charge in [0.15, 0.2) is 0 Å². The molecule has 0 aliphatic heterocycles. The Kier molecular flexibility index (Phi) is 2.04. The molecule has 0 N–H and O–H groups in total. The van der Waals surface area contributed by atoms with Crippen LogP contribution < -0.4 is 5.46 Å². The first-order valence-corrected chi connectivity index (χ1v) is 6.02. The maximum atomic E-state index is 6.05. The van der Waals surface area contributed by atoms with Crippen LogP contribution in [-0.2, 0) is 5.41 Å². The van der Waals surface area contributed by atoms with Crippen molar-refractivity contribution in [1.82, 2.24) is 0 Å². The average molecular weight is 218 g/mol. The quantitative estimate of drug-likeness (QED) is 0.596. The molecule has 2 aromatic carbocycles. The molecule has 0 saturated heterocycles. The van der Waals surface area contributed by atoms with Crippen molar-refractivity contribution in [2.75, 3.05) is 0 Å². The molecule has 0 spiro atoms. The van der Waals surface area contributed by atoms with E-state index in [1.807, 2.05) is 0 Å². The monoisotopic (exact) mass is 218 g/mol. The van der Waals surface area contributed by atoms with Crippen molar-refractivity contribution in [3.05, 3.63) is 53.1 Å². The van der Waals surface area contributed by atoms with Gasteiger partial charge < -0.3 is 0 Å². The third-order valence-corrected chi connectivity index (χ3v) is 3.97. The number of aryl methyl sites for hydroxylation is 1. The molecule has 3 rings (SSSR count). The Morgan fingerprint density at radius 3 is 2.41 bits per heavy atom. The molecule has 1 heteroatoms. The van der Waals surface area contributed by atoms with Gasteiger partial charge in [-0.2, -0.15) is 0 Å². The number of rotatable bonds is 0. The minimum atomic E-state index is 0.0632. The summed E-state index contributed by atoms with van der Waals surface area (Å²) in [6.07, 6.45) is 0. The highest BCUT2D eigenvalue weighted by Crippen LogP contribution is 2.48. The summed E-state index contributed by atoms with van der Waals surface area (Å²) in [5.41, 5.74) is 7.57. The number of fused-ring (bicyclic) bond motifs is 3. The molecule has 2 radical (unpaired) electrons. The molecule has 17 heavy (non-hydrogen) atoms. The van der Waals surface area contributed by atoms with Gasteiger partial charge in [-0.05, 0) is 29.2 Å². The van der Waals surface area contributed by atoms with E-state index in [0.717, 1.165) is 11.0 Å². The Balaban J connectivity index is 2.40. The molecule has 0 aromatic heterocycles. The highest BCUT2D eigenvalue weighted by molar-refractivity contribution is 6.33. The lowest BCUT2D eigenvalue weighted by Gasteiger charge is -2.22. The van der Waals surface area contributed by atoms with E-state index in [-0.39, 0.29) is 5.41 Å². The Labute approximate surface area is 104 Å². The second-order valence-corrected chi connectivity index (χ2v) is 5.42. The van der Waals surface area contributed by atoms with E-state index in [0.29, 0.717) is 0 Å². The van der Waals surface area contributed by atoms with Crippen molar-refractivity contribution < 1.29 is 0 Å². The van der Waals surface area contributed by atoms with Crippen molar-refractivity contribution in [3.8, 4) is 11.1 Å². The highest BCUT2D eigenvalue weighted by Gasteiger charge is 2.35. The largest absolute Gasteiger partial charge is 0.114 e. The van der Waals surface area contributed by atoms with Gasteiger partial charge in [-0.25, -0.2) is 0 Å². The van der Waals surface area contributed by atoms with Crippen LogP contribution >= 0.6 is 0 Å². The summed E-state index contributed by atoms with van der Waals surface area (Å²) >= 11 is 0. The van der Waals surface area contributed by atoms with Gasteiger partial charge in [0.05, 0.1) is 0 Å². The lowest BCUT2D eigenvalue weighted by atomic mass is 9.79. The van der Waals surface area contributed by atoms with Crippen molar-refractivity contribution in [1.29, 1.82) is 0 Å². The second kappa shape index (κ2) is 3.26. The summed E-state index contributed by atoms with van der Waals surface area (Å²) in [4.78, 5) is 0. The molecule has 1 aliphatic rings. The minimum Gasteiger partial charge on any atom is -0.0935 e.